The van der Waals surface area contributed by atoms with Crippen molar-refractivity contribution < 1.29 is 0 Å². The van der Waals surface area contributed by atoms with Crippen LogP contribution in [0.4, 0.5) is 0 Å². The summed E-state index contributed by atoms with van der Waals surface area (Å²) >= 11 is 1.93. The third-order valence-corrected chi connectivity index (χ3v) is 12.2. The molecule has 5 aromatic heterocycles. The zero-order valence-electron chi connectivity index (χ0n) is 28.8. The standard InChI is InChI=1S/C44H40N2S/c1-42(2,3)23-14-15-32-27(18-23)28-19-24(43(4,5)6)21-30-37-33(45(32)39(28)30)16-17-34-38(37)31-22-25(44(7,8)9)20-29-36-26-12-10-11-13-35(26)47-41(36)46(34)40(29)31/h10-22H,1-9H3. The predicted molar refractivity (Wildman–Crippen MR) is 207 cm³/mol. The van der Waals surface area contributed by atoms with Crippen LogP contribution >= 0.6 is 11.3 Å². The molecular weight excluding hydrogens is 589 g/mol. The molecule has 0 fully saturated rings. The zero-order valence-corrected chi connectivity index (χ0v) is 29.6. The van der Waals surface area contributed by atoms with E-state index >= 15 is 0 Å². The highest BCUT2D eigenvalue weighted by molar-refractivity contribution is 7.25. The van der Waals surface area contributed by atoms with Gasteiger partial charge in [-0.2, -0.15) is 0 Å². The minimum atomic E-state index is 0.0232. The van der Waals surface area contributed by atoms with E-state index in [4.69, 9.17) is 0 Å². The van der Waals surface area contributed by atoms with Crippen molar-refractivity contribution in [3.63, 3.8) is 0 Å². The van der Waals surface area contributed by atoms with Crippen molar-refractivity contribution in [2.75, 3.05) is 0 Å². The Morgan fingerprint density at radius 3 is 1.53 bits per heavy atom. The number of thiophene rings is 1. The second-order valence-electron chi connectivity index (χ2n) is 17.1. The van der Waals surface area contributed by atoms with Gasteiger partial charge in [0, 0.05) is 53.2 Å². The summed E-state index contributed by atoms with van der Waals surface area (Å²) in [6, 6.07) is 31.0. The maximum absolute atomic E-state index is 2.60. The molecule has 3 heteroatoms. The zero-order chi connectivity index (χ0) is 32.5. The molecule has 0 radical (unpaired) electrons. The van der Waals surface area contributed by atoms with Crippen LogP contribution in [0.2, 0.25) is 0 Å². The summed E-state index contributed by atoms with van der Waals surface area (Å²) in [5.41, 5.74) is 11.0. The maximum atomic E-state index is 2.60. The number of aromatic nitrogens is 2. The Morgan fingerprint density at radius 2 is 0.915 bits per heavy atom. The van der Waals surface area contributed by atoms with E-state index in [0.717, 1.165) is 0 Å². The van der Waals surface area contributed by atoms with Gasteiger partial charge in [-0.25, -0.2) is 0 Å². The van der Waals surface area contributed by atoms with Crippen molar-refractivity contribution in [3.05, 3.63) is 95.6 Å². The Morgan fingerprint density at radius 1 is 0.426 bits per heavy atom. The first kappa shape index (κ1) is 27.7. The Balaban J connectivity index is 1.48. The summed E-state index contributed by atoms with van der Waals surface area (Å²) in [5, 5.41) is 12.4. The molecule has 0 aliphatic heterocycles. The van der Waals surface area contributed by atoms with Crippen LogP contribution in [0.3, 0.4) is 0 Å². The highest BCUT2D eigenvalue weighted by atomic mass is 32.1. The molecule has 0 aliphatic carbocycles. The van der Waals surface area contributed by atoms with Gasteiger partial charge in [-0.15, -0.1) is 11.3 Å². The monoisotopic (exact) mass is 628 g/mol. The first-order valence-corrected chi connectivity index (χ1v) is 17.9. The number of hydrogen-bond donors (Lipinski definition) is 0. The van der Waals surface area contributed by atoms with Crippen LogP contribution in [-0.2, 0) is 16.2 Å². The van der Waals surface area contributed by atoms with Gasteiger partial charge in [0.2, 0.25) is 0 Å². The molecule has 0 bridgehead atoms. The summed E-state index contributed by atoms with van der Waals surface area (Å²) in [7, 11) is 0. The quantitative estimate of drug-likeness (QED) is 0.158. The molecule has 0 N–H and O–H groups in total. The molecule has 5 heterocycles. The molecule has 0 aliphatic rings. The Hall–Kier alpha value is -4.34. The van der Waals surface area contributed by atoms with Crippen LogP contribution in [-0.4, -0.2) is 8.80 Å². The highest BCUT2D eigenvalue weighted by Gasteiger charge is 2.29. The lowest BCUT2D eigenvalue weighted by Gasteiger charge is -2.20. The minimum Gasteiger partial charge on any atom is -0.308 e. The third kappa shape index (κ3) is 3.41. The van der Waals surface area contributed by atoms with Crippen LogP contribution in [0.25, 0.3) is 85.6 Å². The fraction of sp³-hybridized carbons (Fsp3) is 0.273. The van der Waals surface area contributed by atoms with Crippen LogP contribution < -0.4 is 0 Å². The molecule has 2 nitrogen and oxygen atoms in total. The lowest BCUT2D eigenvalue weighted by atomic mass is 9.84. The van der Waals surface area contributed by atoms with Gasteiger partial charge in [-0.05, 0) is 87.5 Å². The lowest BCUT2D eigenvalue weighted by molar-refractivity contribution is 0.590. The molecule has 10 aromatic rings. The summed E-state index contributed by atoms with van der Waals surface area (Å²) in [5.74, 6) is 0. The number of rotatable bonds is 0. The van der Waals surface area contributed by atoms with Crippen LogP contribution in [0.15, 0.2) is 78.9 Å². The summed E-state index contributed by atoms with van der Waals surface area (Å²) in [6.07, 6.45) is 0. The highest BCUT2D eigenvalue weighted by Crippen LogP contribution is 2.51. The summed E-state index contributed by atoms with van der Waals surface area (Å²) in [4.78, 5) is 1.36. The SMILES string of the molecule is CC(C)(C)c1ccc2c(c1)c1cc(C(C)(C)C)cc3c4c5c6cc(C(C)(C)C)cc7c8c9ccccc9sc8n(c5ccc4n2c13)c67. The first-order valence-electron chi connectivity index (χ1n) is 17.0. The number of fused-ring (bicyclic) bond motifs is 15. The van der Waals surface area contributed by atoms with Gasteiger partial charge in [0.15, 0.2) is 0 Å². The summed E-state index contributed by atoms with van der Waals surface area (Å²) < 4.78 is 6.53. The third-order valence-electron chi connectivity index (χ3n) is 11.0. The van der Waals surface area contributed by atoms with E-state index in [1.807, 2.05) is 11.3 Å². The van der Waals surface area contributed by atoms with Crippen LogP contribution in [0.1, 0.15) is 79.0 Å². The average molecular weight is 629 g/mol. The molecule has 0 unspecified atom stereocenters. The van der Waals surface area contributed by atoms with Crippen molar-refractivity contribution in [1.82, 2.24) is 8.80 Å². The van der Waals surface area contributed by atoms with Gasteiger partial charge in [-0.1, -0.05) is 86.6 Å². The van der Waals surface area contributed by atoms with E-state index in [-0.39, 0.29) is 16.2 Å². The predicted octanol–water partition coefficient (Wildman–Crippen LogP) is 13.1. The van der Waals surface area contributed by atoms with E-state index in [0.29, 0.717) is 0 Å². The minimum absolute atomic E-state index is 0.0232. The average Bonchev–Trinajstić information content (AvgIpc) is 3.78. The molecule has 10 rings (SSSR count). The number of nitrogens with zero attached hydrogens (tertiary/aromatic N) is 2. The molecule has 0 atom stereocenters. The van der Waals surface area contributed by atoms with Crippen molar-refractivity contribution in [3.8, 4) is 0 Å². The fourth-order valence-corrected chi connectivity index (χ4v) is 9.70. The second-order valence-corrected chi connectivity index (χ2v) is 18.2. The Bertz CT molecular complexity index is 2940. The van der Waals surface area contributed by atoms with Gasteiger partial charge in [-0.3, -0.25) is 4.40 Å². The van der Waals surface area contributed by atoms with Crippen LogP contribution in [0.5, 0.6) is 0 Å². The van der Waals surface area contributed by atoms with Gasteiger partial charge in [0.25, 0.3) is 0 Å². The lowest BCUT2D eigenvalue weighted by Crippen LogP contribution is -2.11. The van der Waals surface area contributed by atoms with E-state index in [9.17, 15) is 0 Å². The number of benzene rings is 5. The first-order chi connectivity index (χ1) is 22.2. The summed E-state index contributed by atoms with van der Waals surface area (Å²) in [6.45, 7) is 21.1. The number of hydrogen-bond acceptors (Lipinski definition) is 1. The fourth-order valence-electron chi connectivity index (χ4n) is 8.46. The molecular formula is C44H40N2S. The maximum Gasteiger partial charge on any atom is 0.109 e. The van der Waals surface area contributed by atoms with Crippen molar-refractivity contribution in [1.29, 1.82) is 0 Å². The molecule has 47 heavy (non-hydrogen) atoms. The van der Waals surface area contributed by atoms with E-state index in [1.54, 1.807) is 0 Å². The van der Waals surface area contributed by atoms with Crippen molar-refractivity contribution in [2.24, 2.45) is 0 Å². The normalized spacial score (nSPS) is 14.1. The van der Waals surface area contributed by atoms with Crippen LogP contribution in [0, 0.1) is 0 Å². The second kappa shape index (κ2) is 8.38. The van der Waals surface area contributed by atoms with E-state index in [2.05, 4.69) is 150 Å². The molecule has 0 amide bonds. The van der Waals surface area contributed by atoms with E-state index < -0.39 is 0 Å². The molecule has 5 aromatic carbocycles. The van der Waals surface area contributed by atoms with Gasteiger partial charge >= 0.3 is 0 Å². The van der Waals surface area contributed by atoms with Gasteiger partial charge in [0.05, 0.1) is 27.6 Å². The molecule has 0 spiro atoms. The van der Waals surface area contributed by atoms with Gasteiger partial charge < -0.3 is 4.40 Å². The molecule has 0 saturated heterocycles. The van der Waals surface area contributed by atoms with Crippen molar-refractivity contribution >= 4 is 96.9 Å². The van der Waals surface area contributed by atoms with Gasteiger partial charge in [0.1, 0.15) is 4.83 Å². The molecule has 0 saturated carbocycles. The largest absolute Gasteiger partial charge is 0.308 e. The van der Waals surface area contributed by atoms with E-state index in [1.165, 1.54) is 102 Å². The molecule has 232 valence electrons. The topological polar surface area (TPSA) is 8.82 Å². The Labute approximate surface area is 278 Å². The van der Waals surface area contributed by atoms with Crippen molar-refractivity contribution in [2.45, 2.75) is 78.6 Å². The smallest absolute Gasteiger partial charge is 0.109 e. The Kier molecular flexibility index (Phi) is 4.95.